The molecular formula is C29H26Cl2N2O2Ti. The van der Waals surface area contributed by atoms with Gasteiger partial charge in [-0.15, -0.1) is 0 Å². The summed E-state index contributed by atoms with van der Waals surface area (Å²) >= 11 is -0.556. The van der Waals surface area contributed by atoms with Gasteiger partial charge in [0.25, 0.3) is 0 Å². The van der Waals surface area contributed by atoms with Crippen molar-refractivity contribution in [1.82, 2.24) is 0 Å². The normalized spacial score (nSPS) is 11.6. The first-order valence-electron chi connectivity index (χ1n) is 11.2. The first-order chi connectivity index (χ1) is 17.4. The number of phenolic OH excluding ortho intramolecular Hbond substituents is 2. The van der Waals surface area contributed by atoms with Crippen LogP contribution in [0.4, 0.5) is 11.4 Å². The summed E-state index contributed by atoms with van der Waals surface area (Å²) in [6.45, 7) is 4.16. The van der Waals surface area contributed by atoms with E-state index in [1.165, 1.54) is 0 Å². The van der Waals surface area contributed by atoms with E-state index in [0.717, 1.165) is 22.6 Å². The number of rotatable bonds is 6. The average molecular weight is 553 g/mol. The van der Waals surface area contributed by atoms with Gasteiger partial charge in [0.15, 0.2) is 0 Å². The van der Waals surface area contributed by atoms with Gasteiger partial charge in [0, 0.05) is 22.8 Å². The molecule has 0 saturated carbocycles. The molecule has 4 aromatic carbocycles. The van der Waals surface area contributed by atoms with E-state index < -0.39 is 22.4 Å². The van der Waals surface area contributed by atoms with E-state index in [9.17, 15) is 10.2 Å². The summed E-state index contributed by atoms with van der Waals surface area (Å²) in [5, 5.41) is 20.8. The van der Waals surface area contributed by atoms with Crippen LogP contribution in [-0.4, -0.2) is 22.1 Å². The fourth-order valence-electron chi connectivity index (χ4n) is 3.82. The van der Waals surface area contributed by atoms with Gasteiger partial charge in [-0.05, 0) is 48.0 Å². The first kappa shape index (κ1) is 27.7. The number of aromatic hydroxyl groups is 2. The molecule has 182 valence electrons. The number of hydrogen-bond acceptors (Lipinski definition) is 4. The second-order valence-electron chi connectivity index (χ2n) is 8.34. The Balaban J connectivity index is 0.00000115. The van der Waals surface area contributed by atoms with E-state index in [-0.39, 0.29) is 11.5 Å². The SMILES string of the molecule is CC(C)(C(=Nc1ccccc1)c1ccccc1O)c1ccccc1N=Cc1ccccc1O.[Cl][Ti][Cl]. The number of nitrogens with zero attached hydrogens (tertiary/aromatic N) is 2. The molecule has 0 aliphatic carbocycles. The van der Waals surface area contributed by atoms with Crippen LogP contribution in [0, 0.1) is 0 Å². The molecule has 0 fully saturated rings. The Morgan fingerprint density at radius 1 is 0.750 bits per heavy atom. The molecule has 0 spiro atoms. The summed E-state index contributed by atoms with van der Waals surface area (Å²) in [5.41, 5.74) is 3.98. The van der Waals surface area contributed by atoms with Gasteiger partial charge in [-0.25, -0.2) is 0 Å². The molecule has 0 aliphatic rings. The second-order valence-corrected chi connectivity index (χ2v) is 10.9. The number of hydrogen-bond donors (Lipinski definition) is 2. The monoisotopic (exact) mass is 552 g/mol. The zero-order valence-electron chi connectivity index (χ0n) is 19.9. The van der Waals surface area contributed by atoms with Gasteiger partial charge in [0.1, 0.15) is 11.5 Å². The molecule has 0 aromatic heterocycles. The molecule has 7 heteroatoms. The second kappa shape index (κ2) is 13.4. The topological polar surface area (TPSA) is 65.2 Å². The van der Waals surface area contributed by atoms with E-state index in [1.54, 1.807) is 30.5 Å². The standard InChI is InChI=1S/C29H26N2O2.2ClH.Ti/c1-29(2,24-16-8-9-17-25(24)30-20-21-12-6-10-18-26(21)32)28(23-15-7-11-19-27(23)33)31-22-13-4-3-5-14-22;;;/h3-20,32-33H,1-2H3;2*1H;/q;;;+2/p-2. The fraction of sp³-hybridized carbons (Fsp3) is 0.103. The van der Waals surface area contributed by atoms with Crippen molar-refractivity contribution >= 4 is 41.9 Å². The van der Waals surface area contributed by atoms with E-state index in [4.69, 9.17) is 28.6 Å². The van der Waals surface area contributed by atoms with Crippen molar-refractivity contribution in [1.29, 1.82) is 0 Å². The summed E-state index contributed by atoms with van der Waals surface area (Å²) in [5.74, 6) is 0.356. The average Bonchev–Trinajstić information content (AvgIpc) is 2.88. The maximum absolute atomic E-state index is 10.7. The van der Waals surface area contributed by atoms with Crippen molar-refractivity contribution in [2.75, 3.05) is 0 Å². The Morgan fingerprint density at radius 3 is 1.97 bits per heavy atom. The molecule has 0 heterocycles. The van der Waals surface area contributed by atoms with Crippen molar-refractivity contribution in [2.45, 2.75) is 19.3 Å². The van der Waals surface area contributed by atoms with Gasteiger partial charge in [-0.2, -0.15) is 0 Å². The maximum atomic E-state index is 10.7. The third-order valence-electron chi connectivity index (χ3n) is 5.61. The van der Waals surface area contributed by atoms with Gasteiger partial charge >= 0.3 is 35.6 Å². The quantitative estimate of drug-likeness (QED) is 0.186. The number of phenols is 2. The van der Waals surface area contributed by atoms with Crippen LogP contribution >= 0.6 is 18.6 Å². The Bertz CT molecular complexity index is 1340. The van der Waals surface area contributed by atoms with Crippen molar-refractivity contribution in [2.24, 2.45) is 9.98 Å². The van der Waals surface area contributed by atoms with Gasteiger partial charge in [-0.3, -0.25) is 9.98 Å². The van der Waals surface area contributed by atoms with Crippen molar-refractivity contribution in [3.05, 3.63) is 120 Å². The van der Waals surface area contributed by atoms with Crippen LogP contribution in [0.2, 0.25) is 0 Å². The van der Waals surface area contributed by atoms with Gasteiger partial charge < -0.3 is 10.2 Å². The van der Waals surface area contributed by atoms with Crippen LogP contribution < -0.4 is 0 Å². The Kier molecular flexibility index (Phi) is 10.3. The van der Waals surface area contributed by atoms with Crippen LogP contribution in [0.15, 0.2) is 113 Å². The van der Waals surface area contributed by atoms with Crippen LogP contribution in [0.3, 0.4) is 0 Å². The summed E-state index contributed by atoms with van der Waals surface area (Å²) in [4.78, 5) is 9.68. The van der Waals surface area contributed by atoms with E-state index in [2.05, 4.69) is 13.8 Å². The summed E-state index contributed by atoms with van der Waals surface area (Å²) in [6, 6.07) is 32.0. The third kappa shape index (κ3) is 7.08. The Labute approximate surface area is 228 Å². The first-order valence-corrected chi connectivity index (χ1v) is 15.5. The Hall–Kier alpha value is -2.89. The molecule has 0 amide bonds. The molecule has 0 unspecified atom stereocenters. The van der Waals surface area contributed by atoms with Crippen molar-refractivity contribution in [3.8, 4) is 11.5 Å². The van der Waals surface area contributed by atoms with Crippen molar-refractivity contribution in [3.63, 3.8) is 0 Å². The molecule has 0 atom stereocenters. The zero-order chi connectivity index (χ0) is 26.0. The number of halogens is 2. The van der Waals surface area contributed by atoms with Gasteiger partial charge in [0.2, 0.25) is 0 Å². The molecule has 36 heavy (non-hydrogen) atoms. The van der Waals surface area contributed by atoms with E-state index >= 15 is 0 Å². The number of para-hydroxylation sites is 4. The molecule has 0 saturated heterocycles. The molecule has 2 N–H and O–H groups in total. The zero-order valence-corrected chi connectivity index (χ0v) is 23.0. The van der Waals surface area contributed by atoms with Crippen molar-refractivity contribution < 1.29 is 27.2 Å². The molecule has 4 aromatic rings. The van der Waals surface area contributed by atoms with Gasteiger partial charge in [0.05, 0.1) is 17.1 Å². The molecule has 0 radical (unpaired) electrons. The van der Waals surface area contributed by atoms with E-state index in [1.807, 2.05) is 78.9 Å². The van der Waals surface area contributed by atoms with Crippen LogP contribution in [0.1, 0.15) is 30.5 Å². The number of benzene rings is 4. The molecule has 4 nitrogen and oxygen atoms in total. The predicted octanol–water partition coefficient (Wildman–Crippen LogP) is 8.32. The van der Waals surface area contributed by atoms with E-state index in [0.29, 0.717) is 11.1 Å². The molecule has 4 rings (SSSR count). The fourth-order valence-corrected chi connectivity index (χ4v) is 3.82. The van der Waals surface area contributed by atoms with Crippen LogP contribution in [0.5, 0.6) is 11.5 Å². The predicted molar refractivity (Wildman–Crippen MR) is 147 cm³/mol. The summed E-state index contributed by atoms with van der Waals surface area (Å²) in [7, 11) is 9.78. The third-order valence-corrected chi connectivity index (χ3v) is 5.61. The van der Waals surface area contributed by atoms with Crippen LogP contribution in [0.25, 0.3) is 0 Å². The molecule has 0 bridgehead atoms. The molecule has 0 aliphatic heterocycles. The Morgan fingerprint density at radius 2 is 1.31 bits per heavy atom. The minimum absolute atomic E-state index is 0.176. The number of aliphatic imine (C=N–C) groups is 2. The summed E-state index contributed by atoms with van der Waals surface area (Å²) in [6.07, 6.45) is 1.66. The van der Waals surface area contributed by atoms with Crippen LogP contribution in [-0.2, 0) is 22.4 Å². The minimum atomic E-state index is -0.596. The summed E-state index contributed by atoms with van der Waals surface area (Å²) < 4.78 is 0. The van der Waals surface area contributed by atoms with Gasteiger partial charge in [-0.1, -0.05) is 74.5 Å². The molecular weight excluding hydrogens is 527 g/mol.